The molecular weight excluding hydrogens is 182 g/mol. The highest BCUT2D eigenvalue weighted by Gasteiger charge is 1.97. The first-order valence-corrected chi connectivity index (χ1v) is 6.11. The SMILES string of the molecule is CC.CCc1ccc(NC(C)CC)cc1. The van der Waals surface area contributed by atoms with Crippen LogP contribution in [0.5, 0.6) is 0 Å². The Morgan fingerprint density at radius 1 is 1.07 bits per heavy atom. The van der Waals surface area contributed by atoms with E-state index in [0.29, 0.717) is 6.04 Å². The van der Waals surface area contributed by atoms with Gasteiger partial charge in [-0.15, -0.1) is 0 Å². The maximum absolute atomic E-state index is 3.44. The zero-order chi connectivity index (χ0) is 11.7. The van der Waals surface area contributed by atoms with E-state index in [1.165, 1.54) is 11.3 Å². The molecule has 1 aromatic carbocycles. The molecule has 1 unspecified atom stereocenters. The minimum atomic E-state index is 0.562. The van der Waals surface area contributed by atoms with E-state index in [0.717, 1.165) is 12.8 Å². The lowest BCUT2D eigenvalue weighted by Crippen LogP contribution is -2.13. The third-order valence-electron chi connectivity index (χ3n) is 2.39. The van der Waals surface area contributed by atoms with Crippen molar-refractivity contribution in [3.63, 3.8) is 0 Å². The summed E-state index contributed by atoms with van der Waals surface area (Å²) in [6.45, 7) is 10.6. The number of nitrogens with one attached hydrogen (secondary N) is 1. The van der Waals surface area contributed by atoms with E-state index in [9.17, 15) is 0 Å². The minimum absolute atomic E-state index is 0.562. The number of anilines is 1. The van der Waals surface area contributed by atoms with Crippen LogP contribution in [0.2, 0.25) is 0 Å². The normalized spacial score (nSPS) is 11.3. The summed E-state index contributed by atoms with van der Waals surface area (Å²) >= 11 is 0. The van der Waals surface area contributed by atoms with Gasteiger partial charge < -0.3 is 5.32 Å². The van der Waals surface area contributed by atoms with Gasteiger partial charge in [-0.25, -0.2) is 0 Å². The molecule has 1 aromatic rings. The van der Waals surface area contributed by atoms with E-state index >= 15 is 0 Å². The van der Waals surface area contributed by atoms with Gasteiger partial charge in [-0.1, -0.05) is 39.8 Å². The van der Waals surface area contributed by atoms with E-state index in [1.54, 1.807) is 0 Å². The Bertz CT molecular complexity index is 238. The highest BCUT2D eigenvalue weighted by molar-refractivity contribution is 5.45. The van der Waals surface area contributed by atoms with Crippen LogP contribution >= 0.6 is 0 Å². The van der Waals surface area contributed by atoms with Crippen molar-refractivity contribution in [3.8, 4) is 0 Å². The molecule has 86 valence electrons. The fourth-order valence-electron chi connectivity index (χ4n) is 1.22. The van der Waals surface area contributed by atoms with Crippen LogP contribution in [-0.2, 0) is 6.42 Å². The summed E-state index contributed by atoms with van der Waals surface area (Å²) in [4.78, 5) is 0. The van der Waals surface area contributed by atoms with E-state index in [2.05, 4.69) is 50.4 Å². The van der Waals surface area contributed by atoms with Crippen molar-refractivity contribution in [3.05, 3.63) is 29.8 Å². The molecule has 0 aliphatic carbocycles. The Labute approximate surface area is 94.9 Å². The molecule has 1 nitrogen and oxygen atoms in total. The van der Waals surface area contributed by atoms with Crippen molar-refractivity contribution < 1.29 is 0 Å². The first-order valence-electron chi connectivity index (χ1n) is 6.11. The average molecular weight is 207 g/mol. The number of hydrogen-bond acceptors (Lipinski definition) is 1. The zero-order valence-corrected chi connectivity index (χ0v) is 10.8. The first kappa shape index (κ1) is 14.0. The lowest BCUT2D eigenvalue weighted by atomic mass is 10.1. The van der Waals surface area contributed by atoms with Crippen LogP contribution in [0.3, 0.4) is 0 Å². The predicted octanol–water partition coefficient (Wildman–Crippen LogP) is 4.49. The van der Waals surface area contributed by atoms with Crippen molar-refractivity contribution in [2.24, 2.45) is 0 Å². The molecule has 0 fully saturated rings. The number of rotatable bonds is 4. The second-order valence-corrected chi connectivity index (χ2v) is 3.50. The second kappa shape index (κ2) is 8.34. The van der Waals surface area contributed by atoms with Crippen molar-refractivity contribution in [2.75, 3.05) is 5.32 Å². The number of benzene rings is 1. The van der Waals surface area contributed by atoms with Gasteiger partial charge >= 0.3 is 0 Å². The van der Waals surface area contributed by atoms with Gasteiger partial charge in [-0.3, -0.25) is 0 Å². The third kappa shape index (κ3) is 5.46. The molecule has 1 N–H and O–H groups in total. The molecule has 0 heterocycles. The molecule has 1 heteroatoms. The van der Waals surface area contributed by atoms with Crippen molar-refractivity contribution >= 4 is 5.69 Å². The van der Waals surface area contributed by atoms with Gasteiger partial charge in [0, 0.05) is 11.7 Å². The summed E-state index contributed by atoms with van der Waals surface area (Å²) in [6, 6.07) is 9.25. The molecule has 0 radical (unpaired) electrons. The topological polar surface area (TPSA) is 12.0 Å². The van der Waals surface area contributed by atoms with Crippen molar-refractivity contribution in [1.82, 2.24) is 0 Å². The molecule has 15 heavy (non-hydrogen) atoms. The summed E-state index contributed by atoms with van der Waals surface area (Å²) in [6.07, 6.45) is 2.28. The van der Waals surface area contributed by atoms with Crippen LogP contribution in [0.25, 0.3) is 0 Å². The fraction of sp³-hybridized carbons (Fsp3) is 0.571. The van der Waals surface area contributed by atoms with Crippen LogP contribution in [0.15, 0.2) is 24.3 Å². The summed E-state index contributed by atoms with van der Waals surface area (Å²) in [7, 11) is 0. The molecule has 0 saturated carbocycles. The summed E-state index contributed by atoms with van der Waals surface area (Å²) in [5.41, 5.74) is 2.63. The molecule has 0 amide bonds. The van der Waals surface area contributed by atoms with Crippen LogP contribution in [-0.4, -0.2) is 6.04 Å². The molecule has 0 saturated heterocycles. The molecule has 0 aliphatic rings. The van der Waals surface area contributed by atoms with Gasteiger partial charge in [0.15, 0.2) is 0 Å². The Morgan fingerprint density at radius 2 is 1.60 bits per heavy atom. The Kier molecular flexibility index (Phi) is 7.79. The second-order valence-electron chi connectivity index (χ2n) is 3.50. The summed E-state index contributed by atoms with van der Waals surface area (Å²) in [5, 5.41) is 3.44. The summed E-state index contributed by atoms with van der Waals surface area (Å²) in [5.74, 6) is 0. The van der Waals surface area contributed by atoms with Crippen molar-refractivity contribution in [2.45, 2.75) is 53.5 Å². The monoisotopic (exact) mass is 207 g/mol. The van der Waals surface area contributed by atoms with E-state index in [-0.39, 0.29) is 0 Å². The Hall–Kier alpha value is -0.980. The van der Waals surface area contributed by atoms with Gasteiger partial charge in [-0.05, 0) is 37.5 Å². The lowest BCUT2D eigenvalue weighted by molar-refractivity contribution is 0.764. The molecule has 1 atom stereocenters. The highest BCUT2D eigenvalue weighted by atomic mass is 14.9. The fourth-order valence-corrected chi connectivity index (χ4v) is 1.22. The predicted molar refractivity (Wildman–Crippen MR) is 70.5 cm³/mol. The number of hydrogen-bond donors (Lipinski definition) is 1. The van der Waals surface area contributed by atoms with E-state index in [4.69, 9.17) is 0 Å². The molecule has 0 bridgehead atoms. The first-order chi connectivity index (χ1) is 7.26. The lowest BCUT2D eigenvalue weighted by Gasteiger charge is -2.12. The number of aryl methyl sites for hydroxylation is 1. The third-order valence-corrected chi connectivity index (χ3v) is 2.39. The molecular formula is C14H25N. The zero-order valence-electron chi connectivity index (χ0n) is 10.8. The standard InChI is InChI=1S/C12H19N.C2H6/c1-4-10(3)13-12-8-6-11(5-2)7-9-12;1-2/h6-10,13H,4-5H2,1-3H3;1-2H3. The van der Waals surface area contributed by atoms with Gasteiger partial charge in [0.2, 0.25) is 0 Å². The van der Waals surface area contributed by atoms with Gasteiger partial charge in [0.25, 0.3) is 0 Å². The maximum atomic E-state index is 3.44. The highest BCUT2D eigenvalue weighted by Crippen LogP contribution is 2.11. The molecule has 0 aromatic heterocycles. The molecule has 0 aliphatic heterocycles. The van der Waals surface area contributed by atoms with Crippen LogP contribution in [0.1, 0.15) is 46.6 Å². The molecule has 0 spiro atoms. The van der Waals surface area contributed by atoms with Gasteiger partial charge in [0.1, 0.15) is 0 Å². The quantitative estimate of drug-likeness (QED) is 0.767. The van der Waals surface area contributed by atoms with E-state index in [1.807, 2.05) is 13.8 Å². The smallest absolute Gasteiger partial charge is 0.0342 e. The van der Waals surface area contributed by atoms with Crippen LogP contribution in [0, 0.1) is 0 Å². The average Bonchev–Trinajstić information content (AvgIpc) is 2.32. The van der Waals surface area contributed by atoms with Crippen LogP contribution < -0.4 is 5.32 Å². The van der Waals surface area contributed by atoms with Crippen molar-refractivity contribution in [1.29, 1.82) is 0 Å². The maximum Gasteiger partial charge on any atom is 0.0342 e. The Morgan fingerprint density at radius 3 is 2.00 bits per heavy atom. The van der Waals surface area contributed by atoms with Gasteiger partial charge in [0.05, 0.1) is 0 Å². The Balaban J connectivity index is 0.000000921. The largest absolute Gasteiger partial charge is 0.383 e. The van der Waals surface area contributed by atoms with Gasteiger partial charge in [-0.2, -0.15) is 0 Å². The molecule has 1 rings (SSSR count). The van der Waals surface area contributed by atoms with Crippen LogP contribution in [0.4, 0.5) is 5.69 Å². The summed E-state index contributed by atoms with van der Waals surface area (Å²) < 4.78 is 0. The minimum Gasteiger partial charge on any atom is -0.383 e. The van der Waals surface area contributed by atoms with E-state index < -0.39 is 0 Å².